The molecule has 18 heavy (non-hydrogen) atoms. The standard InChI is InChI=1S/C16H25NO/c1-12-8-9-14(3)17(10-12)11-16(18)15-7-5-4-6-13(15)2/h4-7,12,14,16,18H,8-11H2,1-3H3. The number of aliphatic hydroxyl groups excluding tert-OH is 1. The van der Waals surface area contributed by atoms with E-state index in [0.29, 0.717) is 6.04 Å². The first-order chi connectivity index (χ1) is 8.58. The monoisotopic (exact) mass is 247 g/mol. The van der Waals surface area contributed by atoms with E-state index in [9.17, 15) is 5.11 Å². The maximum Gasteiger partial charge on any atom is 0.0919 e. The predicted molar refractivity (Wildman–Crippen MR) is 75.6 cm³/mol. The van der Waals surface area contributed by atoms with Crippen LogP contribution in [0.5, 0.6) is 0 Å². The largest absolute Gasteiger partial charge is 0.387 e. The summed E-state index contributed by atoms with van der Waals surface area (Å²) >= 11 is 0. The van der Waals surface area contributed by atoms with Gasteiger partial charge in [-0.15, -0.1) is 0 Å². The van der Waals surface area contributed by atoms with Gasteiger partial charge in [0, 0.05) is 19.1 Å². The first-order valence-corrected chi connectivity index (χ1v) is 7.05. The maximum atomic E-state index is 10.4. The number of aryl methyl sites for hydroxylation is 1. The number of likely N-dealkylation sites (tertiary alicyclic amines) is 1. The third kappa shape index (κ3) is 3.12. The summed E-state index contributed by atoms with van der Waals surface area (Å²) in [5.41, 5.74) is 2.26. The van der Waals surface area contributed by atoms with Crippen LogP contribution < -0.4 is 0 Å². The average Bonchev–Trinajstić information content (AvgIpc) is 2.34. The lowest BCUT2D eigenvalue weighted by molar-refractivity contribution is 0.0566. The molecule has 0 radical (unpaired) electrons. The van der Waals surface area contributed by atoms with Crippen LogP contribution in [0.2, 0.25) is 0 Å². The molecule has 0 bridgehead atoms. The van der Waals surface area contributed by atoms with Crippen molar-refractivity contribution in [2.45, 2.75) is 45.8 Å². The molecule has 3 unspecified atom stereocenters. The van der Waals surface area contributed by atoms with Crippen LogP contribution in [0, 0.1) is 12.8 Å². The highest BCUT2D eigenvalue weighted by molar-refractivity contribution is 5.27. The van der Waals surface area contributed by atoms with Gasteiger partial charge in [-0.05, 0) is 43.7 Å². The molecule has 1 aliphatic rings. The molecule has 0 saturated carbocycles. The van der Waals surface area contributed by atoms with Gasteiger partial charge >= 0.3 is 0 Å². The summed E-state index contributed by atoms with van der Waals surface area (Å²) in [5, 5.41) is 10.4. The summed E-state index contributed by atoms with van der Waals surface area (Å²) in [4.78, 5) is 2.44. The minimum absolute atomic E-state index is 0.362. The van der Waals surface area contributed by atoms with Crippen LogP contribution in [0.3, 0.4) is 0 Å². The summed E-state index contributed by atoms with van der Waals surface area (Å²) in [6.07, 6.45) is 2.21. The normalized spacial score (nSPS) is 27.1. The molecule has 0 aliphatic carbocycles. The quantitative estimate of drug-likeness (QED) is 0.887. The molecule has 1 aliphatic heterocycles. The van der Waals surface area contributed by atoms with E-state index in [-0.39, 0.29) is 6.10 Å². The number of hydrogen-bond donors (Lipinski definition) is 1. The number of hydrogen-bond acceptors (Lipinski definition) is 2. The van der Waals surface area contributed by atoms with Gasteiger partial charge in [-0.1, -0.05) is 31.2 Å². The van der Waals surface area contributed by atoms with Crippen molar-refractivity contribution in [3.63, 3.8) is 0 Å². The molecule has 0 aromatic heterocycles. The van der Waals surface area contributed by atoms with Gasteiger partial charge in [-0.3, -0.25) is 4.90 Å². The molecule has 2 nitrogen and oxygen atoms in total. The number of aliphatic hydroxyl groups is 1. The fraction of sp³-hybridized carbons (Fsp3) is 0.625. The smallest absolute Gasteiger partial charge is 0.0919 e. The predicted octanol–water partition coefficient (Wildman–Crippen LogP) is 3.15. The maximum absolute atomic E-state index is 10.4. The summed E-state index contributed by atoms with van der Waals surface area (Å²) in [7, 11) is 0. The van der Waals surface area contributed by atoms with Gasteiger partial charge in [-0.2, -0.15) is 0 Å². The van der Waals surface area contributed by atoms with Crippen molar-refractivity contribution in [3.8, 4) is 0 Å². The van der Waals surface area contributed by atoms with Crippen molar-refractivity contribution in [2.75, 3.05) is 13.1 Å². The Bertz CT molecular complexity index is 390. The molecule has 0 spiro atoms. The first kappa shape index (κ1) is 13.6. The second-order valence-corrected chi connectivity index (χ2v) is 5.86. The van der Waals surface area contributed by atoms with E-state index in [4.69, 9.17) is 0 Å². The number of nitrogens with zero attached hydrogens (tertiary/aromatic N) is 1. The van der Waals surface area contributed by atoms with Gasteiger partial charge in [0.2, 0.25) is 0 Å². The second-order valence-electron chi connectivity index (χ2n) is 5.86. The lowest BCUT2D eigenvalue weighted by atomic mass is 9.94. The molecule has 1 N–H and O–H groups in total. The van der Waals surface area contributed by atoms with Gasteiger partial charge in [0.15, 0.2) is 0 Å². The van der Waals surface area contributed by atoms with Gasteiger partial charge in [0.25, 0.3) is 0 Å². The Kier molecular flexibility index (Phi) is 4.41. The molecule has 1 fully saturated rings. The first-order valence-electron chi connectivity index (χ1n) is 7.05. The van der Waals surface area contributed by atoms with Crippen molar-refractivity contribution in [3.05, 3.63) is 35.4 Å². The molecule has 1 aromatic rings. The molecule has 2 heteroatoms. The Balaban J connectivity index is 2.02. The van der Waals surface area contributed by atoms with Gasteiger partial charge in [0.1, 0.15) is 0 Å². The van der Waals surface area contributed by atoms with E-state index in [1.165, 1.54) is 18.4 Å². The van der Waals surface area contributed by atoms with Crippen molar-refractivity contribution in [1.82, 2.24) is 4.90 Å². The molecule has 100 valence electrons. The highest BCUT2D eigenvalue weighted by Crippen LogP contribution is 2.25. The van der Waals surface area contributed by atoms with Crippen LogP contribution in [0.15, 0.2) is 24.3 Å². The van der Waals surface area contributed by atoms with E-state index < -0.39 is 0 Å². The van der Waals surface area contributed by atoms with Crippen LogP contribution in [-0.2, 0) is 0 Å². The van der Waals surface area contributed by atoms with Crippen molar-refractivity contribution in [1.29, 1.82) is 0 Å². The van der Waals surface area contributed by atoms with E-state index in [1.54, 1.807) is 0 Å². The summed E-state index contributed by atoms with van der Waals surface area (Å²) in [5.74, 6) is 0.755. The average molecular weight is 247 g/mol. The van der Waals surface area contributed by atoms with Crippen molar-refractivity contribution >= 4 is 0 Å². The Labute approximate surface area is 111 Å². The minimum atomic E-state index is -0.362. The second kappa shape index (κ2) is 5.85. The van der Waals surface area contributed by atoms with Gasteiger partial charge < -0.3 is 5.11 Å². The lowest BCUT2D eigenvalue weighted by Gasteiger charge is -2.38. The zero-order valence-corrected chi connectivity index (χ0v) is 11.8. The highest BCUT2D eigenvalue weighted by Gasteiger charge is 2.25. The Hall–Kier alpha value is -0.860. The summed E-state index contributed by atoms with van der Waals surface area (Å²) in [6.45, 7) is 8.52. The molecule has 2 rings (SSSR count). The SMILES string of the molecule is Cc1ccccc1C(O)CN1CC(C)CCC1C. The van der Waals surface area contributed by atoms with E-state index in [0.717, 1.165) is 24.6 Å². The topological polar surface area (TPSA) is 23.5 Å². The van der Waals surface area contributed by atoms with Crippen LogP contribution in [0.1, 0.15) is 43.9 Å². The molecule has 1 saturated heterocycles. The molecular weight excluding hydrogens is 222 g/mol. The number of piperidine rings is 1. The van der Waals surface area contributed by atoms with Crippen LogP contribution in [0.25, 0.3) is 0 Å². The van der Waals surface area contributed by atoms with Crippen LogP contribution >= 0.6 is 0 Å². The Morgan fingerprint density at radius 3 is 2.72 bits per heavy atom. The number of rotatable bonds is 3. The van der Waals surface area contributed by atoms with Gasteiger partial charge in [0.05, 0.1) is 6.10 Å². The Morgan fingerprint density at radius 2 is 2.00 bits per heavy atom. The summed E-state index contributed by atoms with van der Waals surface area (Å²) < 4.78 is 0. The molecule has 1 heterocycles. The molecule has 3 atom stereocenters. The van der Waals surface area contributed by atoms with Crippen molar-refractivity contribution < 1.29 is 5.11 Å². The van der Waals surface area contributed by atoms with E-state index >= 15 is 0 Å². The Morgan fingerprint density at radius 1 is 1.28 bits per heavy atom. The number of benzene rings is 1. The fourth-order valence-corrected chi connectivity index (χ4v) is 2.92. The lowest BCUT2D eigenvalue weighted by Crippen LogP contribution is -2.43. The fourth-order valence-electron chi connectivity index (χ4n) is 2.92. The van der Waals surface area contributed by atoms with Crippen LogP contribution in [0.4, 0.5) is 0 Å². The molecular formula is C16H25NO. The van der Waals surface area contributed by atoms with Crippen LogP contribution in [-0.4, -0.2) is 29.1 Å². The third-order valence-corrected chi connectivity index (χ3v) is 4.20. The van der Waals surface area contributed by atoms with E-state index in [1.807, 2.05) is 18.2 Å². The van der Waals surface area contributed by atoms with E-state index in [2.05, 4.69) is 31.7 Å². The zero-order chi connectivity index (χ0) is 13.1. The minimum Gasteiger partial charge on any atom is -0.387 e. The van der Waals surface area contributed by atoms with Crippen molar-refractivity contribution in [2.24, 2.45) is 5.92 Å². The highest BCUT2D eigenvalue weighted by atomic mass is 16.3. The molecule has 0 amide bonds. The zero-order valence-electron chi connectivity index (χ0n) is 11.8. The molecule has 1 aromatic carbocycles. The number of β-amino-alcohol motifs (C(OH)–C–C–N with tert-alkyl or cyclic N) is 1. The summed E-state index contributed by atoms with van der Waals surface area (Å²) in [6, 6.07) is 8.74. The third-order valence-electron chi connectivity index (χ3n) is 4.20. The van der Waals surface area contributed by atoms with Gasteiger partial charge in [-0.25, -0.2) is 0 Å².